The lowest BCUT2D eigenvalue weighted by Crippen LogP contribution is -1.96. The van der Waals surface area contributed by atoms with E-state index in [0.717, 1.165) is 28.3 Å². The van der Waals surface area contributed by atoms with Gasteiger partial charge in [0.05, 0.1) is 7.11 Å². The number of hydrogen-bond donors (Lipinski definition) is 2. The standard InChI is InChI=1S/C16H16N4O.ClH/c1-21-14-7-5-12(6-8-14)15-18-16(20-19-15)13-4-2-3-11(9-13)10-17;/h2-9H,10,17H2,1H3,(H,18,19,20);1H. The molecule has 0 saturated heterocycles. The molecule has 0 atom stereocenters. The molecule has 0 radical (unpaired) electrons. The third-order valence-corrected chi connectivity index (χ3v) is 3.27. The number of benzene rings is 2. The maximum absolute atomic E-state index is 5.66. The third kappa shape index (κ3) is 3.27. The quantitative estimate of drug-likeness (QED) is 0.775. The number of methoxy groups -OCH3 is 1. The van der Waals surface area contributed by atoms with Crippen LogP contribution in [0.4, 0.5) is 0 Å². The highest BCUT2D eigenvalue weighted by molar-refractivity contribution is 5.85. The lowest BCUT2D eigenvalue weighted by Gasteiger charge is -2.00. The summed E-state index contributed by atoms with van der Waals surface area (Å²) in [5, 5.41) is 7.23. The Bertz CT molecular complexity index is 740. The van der Waals surface area contributed by atoms with Crippen LogP contribution in [0, 0.1) is 0 Å². The molecule has 5 nitrogen and oxygen atoms in total. The van der Waals surface area contributed by atoms with E-state index in [2.05, 4.69) is 15.2 Å². The van der Waals surface area contributed by atoms with Gasteiger partial charge in [0.1, 0.15) is 5.75 Å². The first-order valence-electron chi connectivity index (χ1n) is 6.66. The number of nitrogens with one attached hydrogen (secondary N) is 1. The molecule has 0 aliphatic rings. The van der Waals surface area contributed by atoms with Crippen molar-refractivity contribution >= 4 is 12.4 Å². The first-order chi connectivity index (χ1) is 10.3. The van der Waals surface area contributed by atoms with Gasteiger partial charge in [0, 0.05) is 17.7 Å². The number of nitrogens with two attached hydrogens (primary N) is 1. The van der Waals surface area contributed by atoms with Gasteiger partial charge in [0.15, 0.2) is 11.6 Å². The van der Waals surface area contributed by atoms with Crippen LogP contribution in [0.1, 0.15) is 5.56 Å². The van der Waals surface area contributed by atoms with Gasteiger partial charge in [0.25, 0.3) is 0 Å². The average Bonchev–Trinajstić information content (AvgIpc) is 3.05. The topological polar surface area (TPSA) is 76.8 Å². The Hall–Kier alpha value is -2.37. The lowest BCUT2D eigenvalue weighted by atomic mass is 10.1. The predicted octanol–water partition coefficient (Wildman–Crippen LogP) is 3.03. The molecule has 22 heavy (non-hydrogen) atoms. The molecule has 0 unspecified atom stereocenters. The summed E-state index contributed by atoms with van der Waals surface area (Å²) in [6.07, 6.45) is 0. The molecule has 0 fully saturated rings. The SMILES string of the molecule is COc1ccc(-c2nc(-c3cccc(CN)c3)n[nH]2)cc1.Cl. The van der Waals surface area contributed by atoms with Gasteiger partial charge in [-0.15, -0.1) is 12.4 Å². The molecule has 0 aliphatic heterocycles. The number of aromatic amines is 1. The highest BCUT2D eigenvalue weighted by Gasteiger charge is 2.08. The summed E-state index contributed by atoms with van der Waals surface area (Å²) >= 11 is 0. The second-order valence-electron chi connectivity index (χ2n) is 4.64. The number of hydrogen-bond acceptors (Lipinski definition) is 4. The monoisotopic (exact) mass is 316 g/mol. The van der Waals surface area contributed by atoms with E-state index in [9.17, 15) is 0 Å². The fourth-order valence-corrected chi connectivity index (χ4v) is 2.11. The summed E-state index contributed by atoms with van der Waals surface area (Å²) in [6, 6.07) is 15.6. The zero-order valence-corrected chi connectivity index (χ0v) is 12.9. The number of halogens is 1. The van der Waals surface area contributed by atoms with Gasteiger partial charge in [-0.1, -0.05) is 18.2 Å². The first-order valence-corrected chi connectivity index (χ1v) is 6.66. The van der Waals surface area contributed by atoms with Gasteiger partial charge in [-0.05, 0) is 35.9 Å². The van der Waals surface area contributed by atoms with Crippen LogP contribution in [0.2, 0.25) is 0 Å². The molecule has 114 valence electrons. The Morgan fingerprint density at radius 2 is 1.86 bits per heavy atom. The number of ether oxygens (including phenoxy) is 1. The summed E-state index contributed by atoms with van der Waals surface area (Å²) < 4.78 is 5.15. The molecule has 1 heterocycles. The van der Waals surface area contributed by atoms with Crippen LogP contribution in [-0.4, -0.2) is 22.3 Å². The molecule has 2 aromatic carbocycles. The van der Waals surface area contributed by atoms with Gasteiger partial charge in [-0.3, -0.25) is 5.10 Å². The van der Waals surface area contributed by atoms with E-state index >= 15 is 0 Å². The molecule has 3 aromatic rings. The fourth-order valence-electron chi connectivity index (χ4n) is 2.11. The first kappa shape index (κ1) is 16.0. The van der Waals surface area contributed by atoms with E-state index in [1.807, 2.05) is 48.5 Å². The number of rotatable bonds is 4. The molecular formula is C16H17ClN4O. The van der Waals surface area contributed by atoms with Crippen molar-refractivity contribution in [1.82, 2.24) is 15.2 Å². The van der Waals surface area contributed by atoms with Crippen molar-refractivity contribution < 1.29 is 4.74 Å². The van der Waals surface area contributed by atoms with E-state index in [-0.39, 0.29) is 12.4 Å². The van der Waals surface area contributed by atoms with Gasteiger partial charge in [-0.25, -0.2) is 4.98 Å². The highest BCUT2D eigenvalue weighted by Crippen LogP contribution is 2.22. The molecular weight excluding hydrogens is 300 g/mol. The van der Waals surface area contributed by atoms with Crippen molar-refractivity contribution in [3.63, 3.8) is 0 Å². The van der Waals surface area contributed by atoms with Crippen molar-refractivity contribution in [3.8, 4) is 28.5 Å². The zero-order valence-electron chi connectivity index (χ0n) is 12.1. The van der Waals surface area contributed by atoms with Crippen LogP contribution < -0.4 is 10.5 Å². The zero-order chi connectivity index (χ0) is 14.7. The van der Waals surface area contributed by atoms with E-state index < -0.39 is 0 Å². The molecule has 1 aromatic heterocycles. The average molecular weight is 317 g/mol. The van der Waals surface area contributed by atoms with E-state index in [1.165, 1.54) is 0 Å². The summed E-state index contributed by atoms with van der Waals surface area (Å²) in [6.45, 7) is 0.504. The maximum atomic E-state index is 5.66. The highest BCUT2D eigenvalue weighted by atomic mass is 35.5. The van der Waals surface area contributed by atoms with Crippen LogP contribution in [0.3, 0.4) is 0 Å². The molecule has 0 saturated carbocycles. The minimum atomic E-state index is 0. The summed E-state index contributed by atoms with van der Waals surface area (Å²) in [5.41, 5.74) is 8.63. The van der Waals surface area contributed by atoms with Crippen LogP contribution in [0.25, 0.3) is 22.8 Å². The Kier molecular flexibility index (Phi) is 5.14. The molecule has 0 amide bonds. The van der Waals surface area contributed by atoms with Crippen LogP contribution in [-0.2, 0) is 6.54 Å². The number of nitrogens with zero attached hydrogens (tertiary/aromatic N) is 2. The number of H-pyrrole nitrogens is 1. The Morgan fingerprint density at radius 3 is 2.55 bits per heavy atom. The smallest absolute Gasteiger partial charge is 0.181 e. The Labute approximate surface area is 134 Å². The molecule has 6 heteroatoms. The van der Waals surface area contributed by atoms with Gasteiger partial charge < -0.3 is 10.5 Å². The van der Waals surface area contributed by atoms with E-state index in [4.69, 9.17) is 10.5 Å². The van der Waals surface area contributed by atoms with E-state index in [0.29, 0.717) is 12.4 Å². The van der Waals surface area contributed by atoms with Crippen LogP contribution in [0.15, 0.2) is 48.5 Å². The van der Waals surface area contributed by atoms with Crippen molar-refractivity contribution in [2.45, 2.75) is 6.54 Å². The number of aromatic nitrogens is 3. The third-order valence-electron chi connectivity index (χ3n) is 3.27. The van der Waals surface area contributed by atoms with Crippen molar-refractivity contribution in [2.75, 3.05) is 7.11 Å². The summed E-state index contributed by atoms with van der Waals surface area (Å²) in [5.74, 6) is 2.20. The normalized spacial score (nSPS) is 10.1. The Balaban J connectivity index is 0.00000176. The largest absolute Gasteiger partial charge is 0.497 e. The van der Waals surface area contributed by atoms with Crippen molar-refractivity contribution in [3.05, 3.63) is 54.1 Å². The van der Waals surface area contributed by atoms with E-state index in [1.54, 1.807) is 7.11 Å². The minimum Gasteiger partial charge on any atom is -0.497 e. The van der Waals surface area contributed by atoms with Gasteiger partial charge >= 0.3 is 0 Å². The van der Waals surface area contributed by atoms with Crippen molar-refractivity contribution in [2.24, 2.45) is 5.73 Å². The molecule has 0 aliphatic carbocycles. The molecule has 3 N–H and O–H groups in total. The van der Waals surface area contributed by atoms with Crippen LogP contribution in [0.5, 0.6) is 5.75 Å². The molecule has 0 bridgehead atoms. The van der Waals surface area contributed by atoms with Gasteiger partial charge in [0.2, 0.25) is 0 Å². The second kappa shape index (κ2) is 7.06. The predicted molar refractivity (Wildman–Crippen MR) is 88.9 cm³/mol. The minimum absolute atomic E-state index is 0. The lowest BCUT2D eigenvalue weighted by molar-refractivity contribution is 0.415. The second-order valence-corrected chi connectivity index (χ2v) is 4.64. The molecule has 3 rings (SSSR count). The van der Waals surface area contributed by atoms with Gasteiger partial charge in [-0.2, -0.15) is 5.10 Å². The Morgan fingerprint density at radius 1 is 1.09 bits per heavy atom. The maximum Gasteiger partial charge on any atom is 0.181 e. The summed E-state index contributed by atoms with van der Waals surface area (Å²) in [4.78, 5) is 4.53. The molecule has 0 spiro atoms. The van der Waals surface area contributed by atoms with Crippen LogP contribution >= 0.6 is 12.4 Å². The summed E-state index contributed by atoms with van der Waals surface area (Å²) in [7, 11) is 1.64. The van der Waals surface area contributed by atoms with Crippen molar-refractivity contribution in [1.29, 1.82) is 0 Å². The fraction of sp³-hybridized carbons (Fsp3) is 0.125.